The van der Waals surface area contributed by atoms with Gasteiger partial charge in [-0.15, -0.1) is 0 Å². The van der Waals surface area contributed by atoms with Crippen LogP contribution in [0, 0.1) is 5.92 Å². The van der Waals surface area contributed by atoms with E-state index in [0.717, 1.165) is 62.0 Å². The van der Waals surface area contributed by atoms with Gasteiger partial charge in [0.25, 0.3) is 11.8 Å². The highest BCUT2D eigenvalue weighted by molar-refractivity contribution is 7.89. The molecule has 58 heavy (non-hydrogen) atoms. The van der Waals surface area contributed by atoms with Crippen molar-refractivity contribution in [3.8, 4) is 0 Å². The van der Waals surface area contributed by atoms with Crippen LogP contribution in [0.15, 0.2) is 95.9 Å². The van der Waals surface area contributed by atoms with E-state index in [9.17, 15) is 27.6 Å². The maximum absolute atomic E-state index is 14.0. The number of aryl methyl sites for hydroxylation is 2. The first-order valence-corrected chi connectivity index (χ1v) is 21.4. The van der Waals surface area contributed by atoms with Crippen LogP contribution in [0.3, 0.4) is 0 Å². The van der Waals surface area contributed by atoms with Crippen LogP contribution in [0.5, 0.6) is 0 Å². The molecule has 306 valence electrons. The lowest BCUT2D eigenvalue weighted by Gasteiger charge is -2.34. The van der Waals surface area contributed by atoms with Crippen molar-refractivity contribution in [2.45, 2.75) is 75.6 Å². The molecule has 0 atom stereocenters. The quantitative estimate of drug-likeness (QED) is 0.124. The van der Waals surface area contributed by atoms with Gasteiger partial charge < -0.3 is 25.0 Å². The number of esters is 2. The minimum atomic E-state index is -3.97. The molecule has 1 saturated heterocycles. The first kappa shape index (κ1) is 42.1. The van der Waals surface area contributed by atoms with Crippen LogP contribution in [0.25, 0.3) is 0 Å². The molecular weight excluding hydrogens is 757 g/mol. The molecule has 4 aromatic rings. The average Bonchev–Trinajstić information content (AvgIpc) is 3.26. The predicted octanol–water partition coefficient (Wildman–Crippen LogP) is 7.50. The van der Waals surface area contributed by atoms with Crippen LogP contribution in [-0.2, 0) is 37.1 Å². The Labute approximate surface area is 341 Å². The summed E-state index contributed by atoms with van der Waals surface area (Å²) in [4.78, 5) is 53.8. The fourth-order valence-corrected chi connectivity index (χ4v) is 9.60. The molecule has 2 N–H and O–H groups in total. The third-order valence-corrected chi connectivity index (χ3v) is 13.2. The van der Waals surface area contributed by atoms with Crippen LogP contribution in [0.4, 0.5) is 17.1 Å². The number of sulfonamides is 1. The van der Waals surface area contributed by atoms with Crippen LogP contribution in [0.1, 0.15) is 94.1 Å². The second-order valence-electron chi connectivity index (χ2n) is 14.8. The van der Waals surface area contributed by atoms with Gasteiger partial charge in [-0.3, -0.25) is 14.4 Å². The van der Waals surface area contributed by atoms with Crippen molar-refractivity contribution in [2.24, 2.45) is 5.92 Å². The number of ether oxygens (including phenoxy) is 2. The minimum absolute atomic E-state index is 0.00424. The SMILES string of the molecule is CCN([C@H]1CC[C@H](C(=O)OC)CC1)S(=O)(=O)c1cccc(C(=O)Nc2ccc(N3CCCCC3)cc2C(=O)Nc2ccc(CCc3ccc(C(=O)OC)cc3)cc2)c1. The van der Waals surface area contributed by atoms with Crippen molar-refractivity contribution in [2.75, 3.05) is 49.4 Å². The number of nitrogens with zero attached hydrogens (tertiary/aromatic N) is 2. The number of methoxy groups -OCH3 is 2. The number of hydrogen-bond acceptors (Lipinski definition) is 9. The zero-order chi connectivity index (χ0) is 41.2. The highest BCUT2D eigenvalue weighted by Gasteiger charge is 2.35. The smallest absolute Gasteiger partial charge is 0.337 e. The molecule has 12 nitrogen and oxygen atoms in total. The summed E-state index contributed by atoms with van der Waals surface area (Å²) in [6.45, 7) is 3.76. The topological polar surface area (TPSA) is 151 Å². The zero-order valence-corrected chi connectivity index (χ0v) is 34.2. The number of benzene rings is 4. The molecular formula is C45H52N4O8S. The molecule has 2 aliphatic rings. The van der Waals surface area contributed by atoms with Crippen LogP contribution in [-0.4, -0.2) is 76.4 Å². The van der Waals surface area contributed by atoms with Gasteiger partial charge in [-0.25, -0.2) is 13.2 Å². The summed E-state index contributed by atoms with van der Waals surface area (Å²) < 4.78 is 39.1. The summed E-state index contributed by atoms with van der Waals surface area (Å²) >= 11 is 0. The number of carbonyl (C=O) groups is 4. The van der Waals surface area contributed by atoms with E-state index in [1.54, 1.807) is 43.3 Å². The van der Waals surface area contributed by atoms with E-state index in [1.807, 2.05) is 42.5 Å². The van der Waals surface area contributed by atoms with Gasteiger partial charge in [-0.2, -0.15) is 4.31 Å². The summed E-state index contributed by atoms with van der Waals surface area (Å²) in [6.07, 6.45) is 6.93. The number of rotatable bonds is 14. The van der Waals surface area contributed by atoms with E-state index in [-0.39, 0.29) is 46.5 Å². The molecule has 1 heterocycles. The first-order valence-electron chi connectivity index (χ1n) is 20.0. The zero-order valence-electron chi connectivity index (χ0n) is 33.4. The molecule has 0 spiro atoms. The van der Waals surface area contributed by atoms with E-state index in [4.69, 9.17) is 9.47 Å². The first-order chi connectivity index (χ1) is 28.0. The summed E-state index contributed by atoms with van der Waals surface area (Å²) in [5.74, 6) is -1.83. The Balaban J connectivity index is 1.16. The Morgan fingerprint density at radius 2 is 1.38 bits per heavy atom. The Bertz CT molecular complexity index is 2190. The normalized spacial score (nSPS) is 17.0. The number of carbonyl (C=O) groups excluding carboxylic acids is 4. The Morgan fingerprint density at radius 3 is 2.00 bits per heavy atom. The maximum Gasteiger partial charge on any atom is 0.337 e. The molecule has 4 aromatic carbocycles. The third-order valence-electron chi connectivity index (χ3n) is 11.2. The lowest BCUT2D eigenvalue weighted by molar-refractivity contribution is -0.146. The summed E-state index contributed by atoms with van der Waals surface area (Å²) in [5, 5.41) is 5.88. The maximum atomic E-state index is 14.0. The molecule has 2 amide bonds. The summed E-state index contributed by atoms with van der Waals surface area (Å²) in [6, 6.07) is 26.0. The van der Waals surface area contributed by atoms with Gasteiger partial charge in [0.05, 0.1) is 41.8 Å². The van der Waals surface area contributed by atoms with Crippen molar-refractivity contribution < 1.29 is 37.1 Å². The van der Waals surface area contributed by atoms with Gasteiger partial charge in [0.2, 0.25) is 10.0 Å². The van der Waals surface area contributed by atoms with Crippen LogP contribution >= 0.6 is 0 Å². The van der Waals surface area contributed by atoms with Crippen molar-refractivity contribution in [1.29, 1.82) is 0 Å². The number of piperidine rings is 1. The van der Waals surface area contributed by atoms with E-state index in [2.05, 4.69) is 15.5 Å². The standard InChI is InChI=1S/C45H52N4O8S/c1-4-49(37-23-19-34(20-24-37)45(53)57-3)58(54,55)39-10-8-9-35(29-39)42(50)47-41-26-25-38(48-27-6-5-7-28-48)30-40(41)43(51)46-36-21-15-32(16-22-36)12-11-31-13-17-33(18-14-31)44(52)56-2/h8-10,13-18,21-22,25-26,29-30,34,37H,4-7,11-12,19-20,23-24,27-28H2,1-3H3,(H,46,51)(H,47,50)/t34-,37-. The lowest BCUT2D eigenvalue weighted by Crippen LogP contribution is -2.43. The van der Waals surface area contributed by atoms with Gasteiger partial charge in [-0.05, 0) is 130 Å². The largest absolute Gasteiger partial charge is 0.469 e. The Hall–Kier alpha value is -5.53. The van der Waals surface area contributed by atoms with E-state index in [1.165, 1.54) is 30.7 Å². The van der Waals surface area contributed by atoms with Crippen LogP contribution < -0.4 is 15.5 Å². The van der Waals surface area contributed by atoms with Crippen molar-refractivity contribution >= 4 is 50.8 Å². The van der Waals surface area contributed by atoms with E-state index in [0.29, 0.717) is 42.6 Å². The second-order valence-corrected chi connectivity index (χ2v) is 16.7. The van der Waals surface area contributed by atoms with Gasteiger partial charge in [0.1, 0.15) is 0 Å². The molecule has 13 heteroatoms. The van der Waals surface area contributed by atoms with Crippen molar-refractivity contribution in [1.82, 2.24) is 4.31 Å². The van der Waals surface area contributed by atoms with Gasteiger partial charge in [-0.1, -0.05) is 37.3 Å². The van der Waals surface area contributed by atoms with Crippen molar-refractivity contribution in [3.63, 3.8) is 0 Å². The molecule has 1 aliphatic carbocycles. The van der Waals surface area contributed by atoms with E-state index < -0.39 is 21.8 Å². The molecule has 1 saturated carbocycles. The Morgan fingerprint density at radius 1 is 0.724 bits per heavy atom. The third kappa shape index (κ3) is 10.1. The molecule has 0 radical (unpaired) electrons. The monoisotopic (exact) mass is 808 g/mol. The fraction of sp³-hybridized carbons (Fsp3) is 0.378. The van der Waals surface area contributed by atoms with Gasteiger partial charge in [0.15, 0.2) is 0 Å². The lowest BCUT2D eigenvalue weighted by atomic mass is 9.86. The minimum Gasteiger partial charge on any atom is -0.469 e. The average molecular weight is 809 g/mol. The predicted molar refractivity (Wildman–Crippen MR) is 224 cm³/mol. The van der Waals surface area contributed by atoms with Gasteiger partial charge >= 0.3 is 11.9 Å². The number of nitrogens with one attached hydrogen (secondary N) is 2. The summed E-state index contributed by atoms with van der Waals surface area (Å²) in [7, 11) is -1.25. The molecule has 0 bridgehead atoms. The molecule has 0 unspecified atom stereocenters. The van der Waals surface area contributed by atoms with E-state index >= 15 is 0 Å². The highest BCUT2D eigenvalue weighted by Crippen LogP contribution is 2.32. The van der Waals surface area contributed by atoms with Gasteiger partial charge in [0, 0.05) is 42.6 Å². The number of hydrogen-bond donors (Lipinski definition) is 2. The number of amides is 2. The molecule has 2 fully saturated rings. The molecule has 1 aliphatic heterocycles. The Kier molecular flexibility index (Phi) is 14.0. The summed E-state index contributed by atoms with van der Waals surface area (Å²) in [5.41, 5.74) is 4.84. The van der Waals surface area contributed by atoms with Crippen molar-refractivity contribution in [3.05, 3.63) is 119 Å². The molecule has 6 rings (SSSR count). The highest BCUT2D eigenvalue weighted by atomic mass is 32.2. The van der Waals surface area contributed by atoms with Crippen LogP contribution in [0.2, 0.25) is 0 Å². The number of anilines is 3. The fourth-order valence-electron chi connectivity index (χ4n) is 7.86. The molecule has 0 aromatic heterocycles. The second kappa shape index (κ2) is 19.3.